The van der Waals surface area contributed by atoms with Crippen LogP contribution in [-0.4, -0.2) is 24.9 Å². The maximum Gasteiger partial charge on any atom is 0.0811 e. The number of rotatable bonds is 0. The van der Waals surface area contributed by atoms with Crippen molar-refractivity contribution in [3.63, 3.8) is 0 Å². The maximum atomic E-state index is 4.92. The topological polar surface area (TPSA) is 25.1 Å². The molecule has 2 fully saturated rings. The summed E-state index contributed by atoms with van der Waals surface area (Å²) in [7, 11) is 0. The van der Waals surface area contributed by atoms with Crippen LogP contribution in [0.5, 0.6) is 0 Å². The minimum Gasteiger partial charge on any atom is -0.373 e. The third-order valence-corrected chi connectivity index (χ3v) is 1.51. The summed E-state index contributed by atoms with van der Waals surface area (Å²) in [6.07, 6.45) is 1.69. The number of epoxide rings is 2. The molecule has 2 rings (SSSR count). The molecule has 3 atom stereocenters. The highest BCUT2D eigenvalue weighted by Gasteiger charge is 2.27. The Morgan fingerprint density at radius 1 is 1.11 bits per heavy atom. The first-order valence-electron chi connectivity index (χ1n) is 3.47. The maximum absolute atomic E-state index is 4.92. The van der Waals surface area contributed by atoms with E-state index in [1.165, 1.54) is 0 Å². The van der Waals surface area contributed by atoms with Gasteiger partial charge in [-0.05, 0) is 20.8 Å². The third-order valence-electron chi connectivity index (χ3n) is 1.51. The number of hydrogen-bond donors (Lipinski definition) is 0. The van der Waals surface area contributed by atoms with Crippen molar-refractivity contribution in [2.45, 2.75) is 39.1 Å². The molecule has 0 aromatic heterocycles. The molecule has 0 bridgehead atoms. The number of hydrogen-bond acceptors (Lipinski definition) is 2. The lowest BCUT2D eigenvalue weighted by molar-refractivity contribution is 0.389. The smallest absolute Gasteiger partial charge is 0.0811 e. The predicted molar refractivity (Wildman–Crippen MR) is 35.4 cm³/mol. The summed E-state index contributed by atoms with van der Waals surface area (Å²) in [5.41, 5.74) is 0. The Hall–Kier alpha value is -0.0800. The van der Waals surface area contributed by atoms with Gasteiger partial charge >= 0.3 is 0 Å². The molecule has 0 aliphatic carbocycles. The molecule has 2 heteroatoms. The van der Waals surface area contributed by atoms with Crippen molar-refractivity contribution in [2.24, 2.45) is 0 Å². The van der Waals surface area contributed by atoms with Crippen molar-refractivity contribution in [3.05, 3.63) is 0 Å². The van der Waals surface area contributed by atoms with E-state index in [1.54, 1.807) is 0 Å². The van der Waals surface area contributed by atoms with Crippen molar-refractivity contribution in [1.82, 2.24) is 0 Å². The first kappa shape index (κ1) is 7.03. The van der Waals surface area contributed by atoms with Gasteiger partial charge in [-0.15, -0.1) is 0 Å². The van der Waals surface area contributed by atoms with E-state index in [4.69, 9.17) is 9.47 Å². The average Bonchev–Trinajstić information content (AvgIpc) is 2.59. The molecular weight excluding hydrogens is 116 g/mol. The molecule has 0 amide bonds. The van der Waals surface area contributed by atoms with Crippen LogP contribution in [0.4, 0.5) is 0 Å². The van der Waals surface area contributed by atoms with E-state index >= 15 is 0 Å². The second-order valence-corrected chi connectivity index (χ2v) is 2.69. The first-order valence-corrected chi connectivity index (χ1v) is 3.47. The normalized spacial score (nSPS) is 45.0. The lowest BCUT2D eigenvalue weighted by atomic mass is 10.4. The summed E-state index contributed by atoms with van der Waals surface area (Å²) in [5.74, 6) is 0. The van der Waals surface area contributed by atoms with Crippen LogP contribution in [0, 0.1) is 0 Å². The molecule has 2 saturated heterocycles. The molecule has 0 unspecified atom stereocenters. The highest BCUT2D eigenvalue weighted by Crippen LogP contribution is 2.18. The van der Waals surface area contributed by atoms with Crippen molar-refractivity contribution < 1.29 is 9.47 Å². The molecule has 0 radical (unpaired) electrons. The van der Waals surface area contributed by atoms with Gasteiger partial charge in [0.05, 0.1) is 24.9 Å². The average molecular weight is 130 g/mol. The first-order chi connectivity index (χ1) is 4.20. The number of ether oxygens (including phenoxy) is 2. The quantitative estimate of drug-likeness (QED) is 0.460. The SMILES string of the molecule is C[C@@H]1O[C@@H]1C.C[C@H]1CO1. The molecule has 2 heterocycles. The van der Waals surface area contributed by atoms with Crippen LogP contribution in [0.15, 0.2) is 0 Å². The van der Waals surface area contributed by atoms with E-state index in [-0.39, 0.29) is 0 Å². The fourth-order valence-electron chi connectivity index (χ4n) is 0.389. The standard InChI is InChI=1S/C4H8O.C3H6O/c1-3-4(2)5-3;1-3-2-4-3/h3-4H,1-2H3;3H,2H2,1H3/t3-,4+;3-/m.0/s1. The molecule has 54 valence electrons. The summed E-state index contributed by atoms with van der Waals surface area (Å²) in [4.78, 5) is 0. The minimum absolute atomic E-state index is 0.551. The van der Waals surface area contributed by atoms with Crippen molar-refractivity contribution in [1.29, 1.82) is 0 Å². The molecule has 2 nitrogen and oxygen atoms in total. The molecular formula is C7H14O2. The highest BCUT2D eigenvalue weighted by molar-refractivity contribution is 4.73. The van der Waals surface area contributed by atoms with Crippen LogP contribution in [0.1, 0.15) is 20.8 Å². The zero-order valence-electron chi connectivity index (χ0n) is 6.26. The Bertz CT molecular complexity index is 82.9. The van der Waals surface area contributed by atoms with E-state index < -0.39 is 0 Å². The van der Waals surface area contributed by atoms with Gasteiger partial charge in [0.15, 0.2) is 0 Å². The van der Waals surface area contributed by atoms with Gasteiger partial charge in [-0.2, -0.15) is 0 Å². The second-order valence-electron chi connectivity index (χ2n) is 2.69. The summed E-state index contributed by atoms with van der Waals surface area (Å²) < 4.78 is 9.62. The Kier molecular flexibility index (Phi) is 2.09. The van der Waals surface area contributed by atoms with Crippen molar-refractivity contribution in [3.8, 4) is 0 Å². The summed E-state index contributed by atoms with van der Waals surface area (Å²) in [5, 5.41) is 0. The fraction of sp³-hybridized carbons (Fsp3) is 1.00. The fourth-order valence-corrected chi connectivity index (χ4v) is 0.389. The van der Waals surface area contributed by atoms with Gasteiger partial charge in [0.1, 0.15) is 0 Å². The molecule has 0 N–H and O–H groups in total. The van der Waals surface area contributed by atoms with Gasteiger partial charge in [0.25, 0.3) is 0 Å². The van der Waals surface area contributed by atoms with Gasteiger partial charge in [0, 0.05) is 0 Å². The summed E-state index contributed by atoms with van der Waals surface area (Å²) in [6.45, 7) is 7.19. The van der Waals surface area contributed by atoms with Gasteiger partial charge < -0.3 is 9.47 Å². The Morgan fingerprint density at radius 3 is 1.33 bits per heavy atom. The predicted octanol–water partition coefficient (Wildman–Crippen LogP) is 1.20. The molecule has 0 saturated carbocycles. The lowest BCUT2D eigenvalue weighted by Crippen LogP contribution is -1.74. The van der Waals surface area contributed by atoms with Crippen LogP contribution in [0.25, 0.3) is 0 Å². The molecule has 0 spiro atoms. The van der Waals surface area contributed by atoms with Crippen LogP contribution in [0.2, 0.25) is 0 Å². The van der Waals surface area contributed by atoms with Crippen LogP contribution in [0.3, 0.4) is 0 Å². The second kappa shape index (κ2) is 2.67. The Morgan fingerprint density at radius 2 is 1.33 bits per heavy atom. The third kappa shape index (κ3) is 3.49. The lowest BCUT2D eigenvalue weighted by Gasteiger charge is -1.57. The molecule has 9 heavy (non-hydrogen) atoms. The zero-order valence-corrected chi connectivity index (χ0v) is 6.26. The summed E-state index contributed by atoms with van der Waals surface area (Å²) in [6, 6.07) is 0. The Balaban J connectivity index is 0.0000000922. The monoisotopic (exact) mass is 130 g/mol. The minimum atomic E-state index is 0.551. The van der Waals surface area contributed by atoms with E-state index in [9.17, 15) is 0 Å². The molecule has 2 aliphatic heterocycles. The van der Waals surface area contributed by atoms with Gasteiger partial charge in [-0.1, -0.05) is 0 Å². The van der Waals surface area contributed by atoms with Gasteiger partial charge in [-0.25, -0.2) is 0 Å². The molecule has 2 aliphatic rings. The molecule has 0 aromatic carbocycles. The van der Waals surface area contributed by atoms with Crippen molar-refractivity contribution >= 4 is 0 Å². The van der Waals surface area contributed by atoms with Crippen molar-refractivity contribution in [2.75, 3.05) is 6.61 Å². The van der Waals surface area contributed by atoms with Crippen LogP contribution in [-0.2, 0) is 9.47 Å². The largest absolute Gasteiger partial charge is 0.373 e. The Labute approximate surface area is 56.2 Å². The van der Waals surface area contributed by atoms with Gasteiger partial charge in [-0.3, -0.25) is 0 Å². The van der Waals surface area contributed by atoms with E-state index in [1.807, 2.05) is 0 Å². The van der Waals surface area contributed by atoms with Crippen LogP contribution >= 0.6 is 0 Å². The molecule has 0 aromatic rings. The van der Waals surface area contributed by atoms with E-state index in [0.717, 1.165) is 6.61 Å². The zero-order chi connectivity index (χ0) is 6.85. The van der Waals surface area contributed by atoms with E-state index in [2.05, 4.69) is 20.8 Å². The van der Waals surface area contributed by atoms with Crippen LogP contribution < -0.4 is 0 Å². The summed E-state index contributed by atoms with van der Waals surface area (Å²) >= 11 is 0. The highest BCUT2D eigenvalue weighted by atomic mass is 16.6. The van der Waals surface area contributed by atoms with Gasteiger partial charge in [0.2, 0.25) is 0 Å². The van der Waals surface area contributed by atoms with E-state index in [0.29, 0.717) is 18.3 Å².